The highest BCUT2D eigenvalue weighted by Crippen LogP contribution is 2.43. The van der Waals surface area contributed by atoms with Gasteiger partial charge >= 0.3 is 12.1 Å². The van der Waals surface area contributed by atoms with Crippen LogP contribution in [-0.2, 0) is 4.79 Å². The number of aromatic nitrogens is 2. The van der Waals surface area contributed by atoms with Gasteiger partial charge in [-0.15, -0.1) is 0 Å². The standard InChI is InChI=1S/C27H25Cl2F4N5O3/c28-15-2-3-16(17(10-15)14-1-4-18(29)19(30)9-14)23(27(31,32)33)41-22-11-21(36-25(34)37-22)38-7-5-26(6-8-38)12-20(24(39)40)35-13-26/h1-4,9-11,20,23,35H,5-8,12-13H2,(H,39,40)(H2,34,36,37)/t20?,23-/m1/s1. The molecule has 0 amide bonds. The van der Waals surface area contributed by atoms with Gasteiger partial charge in [-0.2, -0.15) is 23.1 Å². The summed E-state index contributed by atoms with van der Waals surface area (Å²) in [5.41, 5.74) is 5.51. The van der Waals surface area contributed by atoms with Crippen LogP contribution in [0.4, 0.5) is 29.3 Å². The molecule has 2 atom stereocenters. The van der Waals surface area contributed by atoms with Crippen LogP contribution in [0.15, 0.2) is 42.5 Å². The van der Waals surface area contributed by atoms with Crippen molar-refractivity contribution < 1.29 is 32.2 Å². The molecule has 5 rings (SSSR count). The Morgan fingerprint density at radius 1 is 1.15 bits per heavy atom. The maximum atomic E-state index is 14.5. The number of halogens is 6. The van der Waals surface area contributed by atoms with E-state index in [1.807, 2.05) is 4.90 Å². The summed E-state index contributed by atoms with van der Waals surface area (Å²) in [4.78, 5) is 21.3. The minimum Gasteiger partial charge on any atom is -0.480 e. The summed E-state index contributed by atoms with van der Waals surface area (Å²) in [6, 6.07) is 8.07. The zero-order valence-electron chi connectivity index (χ0n) is 21.4. The summed E-state index contributed by atoms with van der Waals surface area (Å²) in [5, 5.41) is 12.3. The molecule has 2 fully saturated rings. The highest BCUT2D eigenvalue weighted by molar-refractivity contribution is 6.31. The quantitative estimate of drug-likeness (QED) is 0.295. The second kappa shape index (κ2) is 11.1. The van der Waals surface area contributed by atoms with Crippen LogP contribution in [0.25, 0.3) is 11.1 Å². The number of carboxylic acids is 1. The number of carbonyl (C=O) groups is 1. The Bertz CT molecular complexity index is 1470. The summed E-state index contributed by atoms with van der Waals surface area (Å²) >= 11 is 11.9. The number of hydrogen-bond donors (Lipinski definition) is 3. The average Bonchev–Trinajstić information content (AvgIpc) is 3.32. The molecule has 41 heavy (non-hydrogen) atoms. The second-order valence-corrected chi connectivity index (χ2v) is 11.1. The van der Waals surface area contributed by atoms with Crippen molar-refractivity contribution in [3.63, 3.8) is 0 Å². The van der Waals surface area contributed by atoms with Crippen molar-refractivity contribution in [1.82, 2.24) is 15.3 Å². The molecule has 8 nitrogen and oxygen atoms in total. The molecule has 1 spiro atoms. The van der Waals surface area contributed by atoms with E-state index in [4.69, 9.17) is 33.7 Å². The first-order valence-electron chi connectivity index (χ1n) is 12.7. The van der Waals surface area contributed by atoms with Gasteiger partial charge in [-0.3, -0.25) is 4.79 Å². The normalized spacial score (nSPS) is 19.4. The summed E-state index contributed by atoms with van der Waals surface area (Å²) < 4.78 is 63.0. The molecule has 2 aromatic carbocycles. The first-order chi connectivity index (χ1) is 19.3. The SMILES string of the molecule is Nc1nc(O[C@H](c2ccc(Cl)cc2-c2ccc(Cl)c(F)c2)C(F)(F)F)cc(N2CCC3(CC2)CNC(C(=O)O)C3)n1. The van der Waals surface area contributed by atoms with E-state index in [1.165, 1.54) is 30.3 Å². The van der Waals surface area contributed by atoms with Gasteiger partial charge in [0, 0.05) is 36.3 Å². The number of benzene rings is 2. The number of piperidine rings is 1. The Kier molecular flexibility index (Phi) is 7.92. The number of nitrogens with one attached hydrogen (secondary N) is 1. The van der Waals surface area contributed by atoms with Crippen LogP contribution in [0.2, 0.25) is 10.0 Å². The lowest BCUT2D eigenvalue weighted by molar-refractivity contribution is -0.198. The van der Waals surface area contributed by atoms with Gasteiger partial charge in [0.15, 0.2) is 0 Å². The number of ether oxygens (including phenoxy) is 1. The molecule has 0 radical (unpaired) electrons. The highest BCUT2D eigenvalue weighted by atomic mass is 35.5. The Labute approximate surface area is 242 Å². The molecule has 3 aromatic rings. The maximum Gasteiger partial charge on any atom is 0.429 e. The van der Waals surface area contributed by atoms with Crippen LogP contribution in [0, 0.1) is 11.2 Å². The fourth-order valence-electron chi connectivity index (χ4n) is 5.43. The van der Waals surface area contributed by atoms with Crippen LogP contribution in [0.3, 0.4) is 0 Å². The van der Waals surface area contributed by atoms with E-state index in [0.717, 1.165) is 12.1 Å². The number of rotatable bonds is 6. The Balaban J connectivity index is 1.42. The maximum absolute atomic E-state index is 14.5. The van der Waals surface area contributed by atoms with E-state index in [2.05, 4.69) is 15.3 Å². The molecule has 2 aliphatic heterocycles. The van der Waals surface area contributed by atoms with Crippen LogP contribution in [-0.4, -0.2) is 52.9 Å². The lowest BCUT2D eigenvalue weighted by Crippen LogP contribution is -2.41. The summed E-state index contributed by atoms with van der Waals surface area (Å²) in [7, 11) is 0. The Hall–Kier alpha value is -3.35. The molecular formula is C27H25Cl2F4N5O3. The summed E-state index contributed by atoms with van der Waals surface area (Å²) in [6.07, 6.45) is -5.56. The predicted molar refractivity (Wildman–Crippen MR) is 146 cm³/mol. The van der Waals surface area contributed by atoms with E-state index in [9.17, 15) is 27.5 Å². The molecule has 1 aromatic heterocycles. The number of nitrogens with two attached hydrogens (primary N) is 1. The smallest absolute Gasteiger partial charge is 0.429 e. The third-order valence-electron chi connectivity index (χ3n) is 7.58. The van der Waals surface area contributed by atoms with Crippen molar-refractivity contribution >= 4 is 40.9 Å². The minimum atomic E-state index is -4.90. The lowest BCUT2D eigenvalue weighted by atomic mass is 9.76. The van der Waals surface area contributed by atoms with Crippen molar-refractivity contribution in [3.8, 4) is 17.0 Å². The van der Waals surface area contributed by atoms with Crippen molar-refractivity contribution in [2.45, 2.75) is 37.6 Å². The van der Waals surface area contributed by atoms with Crippen LogP contribution in [0.5, 0.6) is 5.88 Å². The van der Waals surface area contributed by atoms with E-state index in [1.54, 1.807) is 0 Å². The number of alkyl halides is 3. The number of aliphatic carboxylic acids is 1. The van der Waals surface area contributed by atoms with Gasteiger partial charge in [0.05, 0.1) is 5.02 Å². The predicted octanol–water partition coefficient (Wildman–Crippen LogP) is 5.89. The molecule has 0 aliphatic carbocycles. The van der Waals surface area contributed by atoms with Crippen molar-refractivity contribution in [2.24, 2.45) is 5.41 Å². The van der Waals surface area contributed by atoms with Crippen molar-refractivity contribution in [3.05, 3.63) is 63.9 Å². The first kappa shape index (κ1) is 29.2. The second-order valence-electron chi connectivity index (χ2n) is 10.3. The van der Waals surface area contributed by atoms with Gasteiger partial charge in [0.25, 0.3) is 0 Å². The number of anilines is 2. The van der Waals surface area contributed by atoms with Crippen molar-refractivity contribution in [1.29, 1.82) is 0 Å². The zero-order chi connectivity index (χ0) is 29.5. The van der Waals surface area contributed by atoms with E-state index in [0.29, 0.717) is 44.7 Å². The highest BCUT2D eigenvalue weighted by Gasteiger charge is 2.46. The summed E-state index contributed by atoms with van der Waals surface area (Å²) in [6.45, 7) is 1.57. The molecule has 1 unspecified atom stereocenters. The number of nitrogen functional groups attached to an aromatic ring is 1. The van der Waals surface area contributed by atoms with Gasteiger partial charge < -0.3 is 25.8 Å². The molecule has 2 aliphatic rings. The largest absolute Gasteiger partial charge is 0.480 e. The molecule has 218 valence electrons. The topological polar surface area (TPSA) is 114 Å². The van der Waals surface area contributed by atoms with E-state index in [-0.39, 0.29) is 38.1 Å². The third kappa shape index (κ3) is 6.29. The van der Waals surface area contributed by atoms with Gasteiger partial charge in [0.1, 0.15) is 17.7 Å². The molecule has 0 saturated carbocycles. The number of nitrogens with zero attached hydrogens (tertiary/aromatic N) is 3. The third-order valence-corrected chi connectivity index (χ3v) is 8.12. The van der Waals surface area contributed by atoms with Crippen LogP contribution < -0.4 is 20.7 Å². The monoisotopic (exact) mass is 613 g/mol. The van der Waals surface area contributed by atoms with Crippen LogP contribution >= 0.6 is 23.2 Å². The fraction of sp³-hybridized carbons (Fsp3) is 0.370. The van der Waals surface area contributed by atoms with Crippen LogP contribution in [0.1, 0.15) is 30.9 Å². The summed E-state index contributed by atoms with van der Waals surface area (Å²) in [5.74, 6) is -2.07. The van der Waals surface area contributed by atoms with Gasteiger partial charge in [0.2, 0.25) is 17.9 Å². The Morgan fingerprint density at radius 3 is 2.51 bits per heavy atom. The molecule has 3 heterocycles. The van der Waals surface area contributed by atoms with Crippen molar-refractivity contribution in [2.75, 3.05) is 30.3 Å². The zero-order valence-corrected chi connectivity index (χ0v) is 22.9. The molecule has 14 heteroatoms. The fourth-order valence-corrected chi connectivity index (χ4v) is 5.72. The van der Waals surface area contributed by atoms with Gasteiger partial charge in [-0.05, 0) is 60.1 Å². The Morgan fingerprint density at radius 2 is 1.88 bits per heavy atom. The average molecular weight is 614 g/mol. The molecular weight excluding hydrogens is 589 g/mol. The first-order valence-corrected chi connectivity index (χ1v) is 13.4. The molecule has 0 bridgehead atoms. The van der Waals surface area contributed by atoms with E-state index >= 15 is 0 Å². The van der Waals surface area contributed by atoms with E-state index < -0.39 is 36.0 Å². The number of carboxylic acid groups (broad SMARTS) is 1. The van der Waals surface area contributed by atoms with Gasteiger partial charge in [-0.1, -0.05) is 35.3 Å². The lowest BCUT2D eigenvalue weighted by Gasteiger charge is -2.39. The van der Waals surface area contributed by atoms with Gasteiger partial charge in [-0.25, -0.2) is 4.39 Å². The minimum absolute atomic E-state index is 0.00353. The molecule has 2 saturated heterocycles. The number of hydrogen-bond acceptors (Lipinski definition) is 7. The molecule has 4 N–H and O–H groups in total.